The van der Waals surface area contributed by atoms with Crippen LogP contribution in [-0.4, -0.2) is 20.2 Å². The lowest BCUT2D eigenvalue weighted by Crippen LogP contribution is -2.40. The van der Waals surface area contributed by atoms with Crippen molar-refractivity contribution >= 4 is 5.69 Å². The first-order chi connectivity index (χ1) is 11.8. The van der Waals surface area contributed by atoms with Crippen molar-refractivity contribution in [1.29, 1.82) is 0 Å². The third kappa shape index (κ3) is 2.57. The topological polar surface area (TPSA) is 12.5 Å². The lowest BCUT2D eigenvalue weighted by atomic mass is 9.75. The minimum Gasteiger partial charge on any atom is -0.375 e. The average molecular weight is 317 g/mol. The van der Waals surface area contributed by atoms with Crippen LogP contribution in [0.1, 0.15) is 23.7 Å². The molecule has 0 amide bonds. The van der Waals surface area contributed by atoms with Gasteiger partial charge >= 0.3 is 0 Å². The van der Waals surface area contributed by atoms with Crippen LogP contribution in [-0.2, 0) is 10.2 Å². The van der Waals surface area contributed by atoms with Crippen molar-refractivity contribution in [1.82, 2.24) is 0 Å². The van der Waals surface area contributed by atoms with Gasteiger partial charge in [-0.2, -0.15) is 0 Å². The molecule has 0 aromatic heterocycles. The summed E-state index contributed by atoms with van der Waals surface area (Å²) in [5.74, 6) is 0. The van der Waals surface area contributed by atoms with Gasteiger partial charge in [-0.25, -0.2) is 0 Å². The van der Waals surface area contributed by atoms with Crippen LogP contribution in [0, 0.1) is 0 Å². The van der Waals surface area contributed by atoms with E-state index >= 15 is 0 Å². The molecule has 2 atom stereocenters. The van der Waals surface area contributed by atoms with E-state index in [0.29, 0.717) is 0 Å². The number of hydrogen-bond donors (Lipinski definition) is 0. The van der Waals surface area contributed by atoms with Gasteiger partial charge in [0, 0.05) is 36.9 Å². The monoisotopic (exact) mass is 317 g/mol. The maximum Gasteiger partial charge on any atom is 0.102 e. The molecule has 0 saturated carbocycles. The van der Waals surface area contributed by atoms with Gasteiger partial charge in [-0.3, -0.25) is 0 Å². The molecule has 0 N–H and O–H groups in total. The van der Waals surface area contributed by atoms with Crippen LogP contribution in [0.3, 0.4) is 0 Å². The highest BCUT2D eigenvalue weighted by molar-refractivity contribution is 5.60. The van der Waals surface area contributed by atoms with Gasteiger partial charge in [-0.05, 0) is 18.1 Å². The Labute approximate surface area is 144 Å². The van der Waals surface area contributed by atoms with Crippen molar-refractivity contribution in [2.75, 3.05) is 25.1 Å². The Morgan fingerprint density at radius 2 is 1.83 bits per heavy atom. The smallest absolute Gasteiger partial charge is 0.102 e. The zero-order chi connectivity index (χ0) is 16.4. The molecule has 4 rings (SSSR count). The number of methoxy groups -OCH3 is 1. The highest BCUT2D eigenvalue weighted by Gasteiger charge is 2.36. The maximum absolute atomic E-state index is 5.72. The summed E-state index contributed by atoms with van der Waals surface area (Å²) in [6.45, 7) is 1.89. The quantitative estimate of drug-likeness (QED) is 0.814. The van der Waals surface area contributed by atoms with Gasteiger partial charge < -0.3 is 9.64 Å². The Morgan fingerprint density at radius 3 is 2.58 bits per heavy atom. The summed E-state index contributed by atoms with van der Waals surface area (Å²) in [6.07, 6.45) is 10.2. The van der Waals surface area contributed by atoms with E-state index in [1.807, 2.05) is 0 Å². The van der Waals surface area contributed by atoms with E-state index in [9.17, 15) is 0 Å². The number of ether oxygens (including phenoxy) is 1. The second kappa shape index (κ2) is 6.29. The average Bonchev–Trinajstić information content (AvgIpc) is 3.01. The molecule has 24 heavy (non-hydrogen) atoms. The number of nitrogens with zero attached hydrogens (tertiary/aromatic N) is 1. The van der Waals surface area contributed by atoms with Gasteiger partial charge in [0.25, 0.3) is 0 Å². The molecule has 2 heteroatoms. The van der Waals surface area contributed by atoms with Gasteiger partial charge in [0.15, 0.2) is 0 Å². The minimum absolute atomic E-state index is 0.0196. The van der Waals surface area contributed by atoms with Crippen LogP contribution in [0.25, 0.3) is 0 Å². The molecule has 0 bridgehead atoms. The van der Waals surface area contributed by atoms with Crippen LogP contribution >= 0.6 is 0 Å². The number of fused-ring (bicyclic) bond motifs is 1. The first-order valence-corrected chi connectivity index (χ1v) is 8.59. The van der Waals surface area contributed by atoms with E-state index in [0.717, 1.165) is 19.5 Å². The summed E-state index contributed by atoms with van der Waals surface area (Å²) in [4.78, 5) is 2.49. The third-order valence-electron chi connectivity index (χ3n) is 5.26. The Balaban J connectivity index is 1.70. The number of para-hydroxylation sites is 1. The number of rotatable bonds is 4. The van der Waals surface area contributed by atoms with Crippen LogP contribution in [0.4, 0.5) is 5.69 Å². The molecular formula is C22H23NO. The molecule has 2 nitrogen and oxygen atoms in total. The van der Waals surface area contributed by atoms with Crippen LogP contribution in [0.5, 0.6) is 0 Å². The molecule has 2 aromatic carbocycles. The van der Waals surface area contributed by atoms with Crippen LogP contribution in [0.15, 0.2) is 78.9 Å². The van der Waals surface area contributed by atoms with Crippen molar-refractivity contribution < 1.29 is 4.74 Å². The normalized spacial score (nSPS) is 25.0. The summed E-state index contributed by atoms with van der Waals surface area (Å²) < 4.78 is 5.72. The largest absolute Gasteiger partial charge is 0.375 e. The summed E-state index contributed by atoms with van der Waals surface area (Å²) in [5.41, 5.74) is 4.01. The van der Waals surface area contributed by atoms with E-state index in [4.69, 9.17) is 4.74 Å². The molecule has 0 fully saturated rings. The first-order valence-electron chi connectivity index (χ1n) is 8.59. The lowest BCUT2D eigenvalue weighted by molar-refractivity contribution is 0.116. The molecule has 2 unspecified atom stereocenters. The van der Waals surface area contributed by atoms with Gasteiger partial charge in [-0.1, -0.05) is 72.8 Å². The molecule has 122 valence electrons. The number of benzene rings is 2. The second-order valence-corrected chi connectivity index (χ2v) is 6.68. The molecule has 2 aliphatic rings. The Hall–Kier alpha value is -2.32. The van der Waals surface area contributed by atoms with Crippen molar-refractivity contribution in [3.8, 4) is 0 Å². The molecule has 1 aliphatic heterocycles. The molecule has 0 spiro atoms. The van der Waals surface area contributed by atoms with E-state index in [1.54, 1.807) is 7.11 Å². The van der Waals surface area contributed by atoms with Crippen LogP contribution in [0.2, 0.25) is 0 Å². The zero-order valence-corrected chi connectivity index (χ0v) is 14.1. The minimum atomic E-state index is 0.0196. The van der Waals surface area contributed by atoms with Gasteiger partial charge in [0.05, 0.1) is 0 Å². The molecule has 2 aromatic rings. The molecule has 0 saturated heterocycles. The van der Waals surface area contributed by atoms with E-state index in [2.05, 4.69) is 83.8 Å². The summed E-state index contributed by atoms with van der Waals surface area (Å²) in [7, 11) is 1.81. The summed E-state index contributed by atoms with van der Waals surface area (Å²) in [5, 5.41) is 0. The van der Waals surface area contributed by atoms with Crippen LogP contribution < -0.4 is 4.90 Å². The number of anilines is 1. The fourth-order valence-electron chi connectivity index (χ4n) is 3.99. The number of hydrogen-bond acceptors (Lipinski definition) is 2. The SMILES string of the molecule is COC1CN(CC2(c3ccccc3)C=CC=CC2)c2ccccc21. The molecule has 1 heterocycles. The predicted molar refractivity (Wildman–Crippen MR) is 99.4 cm³/mol. The Kier molecular flexibility index (Phi) is 3.99. The van der Waals surface area contributed by atoms with Crippen molar-refractivity contribution in [3.63, 3.8) is 0 Å². The Morgan fingerprint density at radius 1 is 1.04 bits per heavy atom. The standard InChI is InChI=1S/C22H23NO/c1-24-21-16-23(20-13-7-6-12-19(20)21)17-22(14-8-3-9-15-22)18-10-4-2-5-11-18/h2-14,21H,15-17H2,1H3. The number of allylic oxidation sites excluding steroid dienone is 3. The second-order valence-electron chi connectivity index (χ2n) is 6.68. The fraction of sp³-hybridized carbons (Fsp3) is 0.273. The van der Waals surface area contributed by atoms with Gasteiger partial charge in [0.1, 0.15) is 6.10 Å². The predicted octanol–water partition coefficient (Wildman–Crippen LogP) is 4.65. The Bertz CT molecular complexity index is 765. The highest BCUT2D eigenvalue weighted by Crippen LogP contribution is 2.41. The van der Waals surface area contributed by atoms with Gasteiger partial charge in [-0.15, -0.1) is 0 Å². The lowest BCUT2D eigenvalue weighted by Gasteiger charge is -2.37. The summed E-state index contributed by atoms with van der Waals surface area (Å²) in [6, 6.07) is 19.5. The highest BCUT2D eigenvalue weighted by atomic mass is 16.5. The summed E-state index contributed by atoms with van der Waals surface area (Å²) >= 11 is 0. The zero-order valence-electron chi connectivity index (χ0n) is 14.1. The molecular weight excluding hydrogens is 294 g/mol. The van der Waals surface area contributed by atoms with Crippen molar-refractivity contribution in [3.05, 3.63) is 90.0 Å². The first kappa shape index (κ1) is 15.2. The molecule has 0 radical (unpaired) electrons. The van der Waals surface area contributed by atoms with E-state index in [-0.39, 0.29) is 11.5 Å². The van der Waals surface area contributed by atoms with E-state index in [1.165, 1.54) is 16.8 Å². The van der Waals surface area contributed by atoms with Crippen molar-refractivity contribution in [2.45, 2.75) is 17.9 Å². The van der Waals surface area contributed by atoms with Crippen molar-refractivity contribution in [2.24, 2.45) is 0 Å². The molecule has 1 aliphatic carbocycles. The fourth-order valence-corrected chi connectivity index (χ4v) is 3.99. The van der Waals surface area contributed by atoms with E-state index < -0.39 is 0 Å². The van der Waals surface area contributed by atoms with Gasteiger partial charge in [0.2, 0.25) is 0 Å². The maximum atomic E-state index is 5.72. The third-order valence-corrected chi connectivity index (χ3v) is 5.26.